The molecule has 0 aliphatic heterocycles. The standard InChI is InChI=1S/C4H5Cl3S/c5-4(6,7)2-1-3-8/h1-2,8H,3H2. The molecule has 0 saturated carbocycles. The Morgan fingerprint density at radius 1 is 1.38 bits per heavy atom. The molecule has 48 valence electrons. The van der Waals surface area contributed by atoms with Crippen molar-refractivity contribution >= 4 is 47.4 Å². The summed E-state index contributed by atoms with van der Waals surface area (Å²) in [5.74, 6) is 0.591. The second-order valence-corrected chi connectivity index (χ2v) is 3.86. The highest BCUT2D eigenvalue weighted by Gasteiger charge is 2.12. The van der Waals surface area contributed by atoms with E-state index in [1.807, 2.05) is 0 Å². The molecule has 0 saturated heterocycles. The van der Waals surface area contributed by atoms with Crippen LogP contribution in [0.25, 0.3) is 0 Å². The fourth-order valence-electron chi connectivity index (χ4n) is 0.186. The van der Waals surface area contributed by atoms with Crippen LogP contribution in [0.15, 0.2) is 12.2 Å². The van der Waals surface area contributed by atoms with Crippen molar-refractivity contribution in [3.8, 4) is 0 Å². The summed E-state index contributed by atoms with van der Waals surface area (Å²) in [6.45, 7) is 0. The molecule has 0 fully saturated rings. The van der Waals surface area contributed by atoms with Gasteiger partial charge in [0.15, 0.2) is 0 Å². The van der Waals surface area contributed by atoms with Crippen molar-refractivity contribution in [1.82, 2.24) is 0 Å². The normalized spacial score (nSPS) is 13.0. The number of allylic oxidation sites excluding steroid dienone is 1. The van der Waals surface area contributed by atoms with Crippen LogP contribution in [0.1, 0.15) is 0 Å². The van der Waals surface area contributed by atoms with Gasteiger partial charge in [-0.15, -0.1) is 0 Å². The second-order valence-electron chi connectivity index (χ2n) is 1.13. The average molecular weight is 192 g/mol. The second kappa shape index (κ2) is 3.89. The summed E-state index contributed by atoms with van der Waals surface area (Å²) < 4.78 is -1.26. The topological polar surface area (TPSA) is 0 Å². The largest absolute Gasteiger partial charge is 0.209 e. The van der Waals surface area contributed by atoms with Gasteiger partial charge in [-0.2, -0.15) is 12.6 Å². The molecule has 0 aromatic heterocycles. The Labute approximate surface area is 69.2 Å². The van der Waals surface area contributed by atoms with Gasteiger partial charge in [-0.25, -0.2) is 0 Å². The van der Waals surface area contributed by atoms with Gasteiger partial charge in [-0.3, -0.25) is 0 Å². The van der Waals surface area contributed by atoms with E-state index in [1.54, 1.807) is 6.08 Å². The van der Waals surface area contributed by atoms with Crippen LogP contribution in [0.5, 0.6) is 0 Å². The fourth-order valence-corrected chi connectivity index (χ4v) is 0.559. The highest BCUT2D eigenvalue weighted by Crippen LogP contribution is 2.26. The van der Waals surface area contributed by atoms with Crippen LogP contribution in [0.2, 0.25) is 0 Å². The Morgan fingerprint density at radius 2 is 1.88 bits per heavy atom. The van der Waals surface area contributed by atoms with Crippen molar-refractivity contribution in [1.29, 1.82) is 0 Å². The Balaban J connectivity index is 3.52. The van der Waals surface area contributed by atoms with Crippen molar-refractivity contribution in [3.05, 3.63) is 12.2 Å². The monoisotopic (exact) mass is 190 g/mol. The van der Waals surface area contributed by atoms with Gasteiger partial charge in [0.2, 0.25) is 3.79 Å². The molecule has 0 rings (SSSR count). The molecule has 4 heteroatoms. The molecule has 0 aromatic rings. The number of hydrogen-bond donors (Lipinski definition) is 1. The van der Waals surface area contributed by atoms with Crippen molar-refractivity contribution in [2.45, 2.75) is 3.79 Å². The van der Waals surface area contributed by atoms with Gasteiger partial charge in [-0.1, -0.05) is 40.9 Å². The van der Waals surface area contributed by atoms with Crippen molar-refractivity contribution in [2.24, 2.45) is 0 Å². The lowest BCUT2D eigenvalue weighted by atomic mass is 10.6. The van der Waals surface area contributed by atoms with E-state index < -0.39 is 3.79 Å². The summed E-state index contributed by atoms with van der Waals surface area (Å²) in [4.78, 5) is 0. The van der Waals surface area contributed by atoms with E-state index in [-0.39, 0.29) is 0 Å². The average Bonchev–Trinajstić information content (AvgIpc) is 1.59. The van der Waals surface area contributed by atoms with Gasteiger partial charge < -0.3 is 0 Å². The Morgan fingerprint density at radius 3 is 2.00 bits per heavy atom. The maximum absolute atomic E-state index is 5.32. The molecule has 0 aliphatic carbocycles. The molecule has 0 unspecified atom stereocenters. The quantitative estimate of drug-likeness (QED) is 0.368. The lowest BCUT2D eigenvalue weighted by Gasteiger charge is -2.00. The van der Waals surface area contributed by atoms with Crippen LogP contribution in [-0.4, -0.2) is 9.55 Å². The molecule has 0 heterocycles. The van der Waals surface area contributed by atoms with Crippen LogP contribution in [0.3, 0.4) is 0 Å². The molecule has 0 atom stereocenters. The summed E-state index contributed by atoms with van der Waals surface area (Å²) in [5.41, 5.74) is 0. The van der Waals surface area contributed by atoms with Gasteiger partial charge in [0, 0.05) is 5.75 Å². The molecule has 0 aliphatic rings. The molecule has 8 heavy (non-hydrogen) atoms. The number of halogens is 3. The maximum atomic E-state index is 5.32. The first-order valence-corrected chi connectivity index (χ1v) is 3.68. The van der Waals surface area contributed by atoms with E-state index in [0.29, 0.717) is 5.75 Å². The molecule has 0 spiro atoms. The summed E-state index contributed by atoms with van der Waals surface area (Å²) in [6, 6.07) is 0. The summed E-state index contributed by atoms with van der Waals surface area (Å²) in [5, 5.41) is 0. The van der Waals surface area contributed by atoms with E-state index in [1.165, 1.54) is 6.08 Å². The van der Waals surface area contributed by atoms with Crippen LogP contribution in [-0.2, 0) is 0 Å². The number of thiol groups is 1. The molecule has 0 aromatic carbocycles. The Hall–Kier alpha value is 0.960. The molecule has 0 radical (unpaired) electrons. The predicted molar refractivity (Wildman–Crippen MR) is 43.3 cm³/mol. The smallest absolute Gasteiger partial charge is 0.175 e. The van der Waals surface area contributed by atoms with Crippen LogP contribution in [0.4, 0.5) is 0 Å². The van der Waals surface area contributed by atoms with Crippen molar-refractivity contribution < 1.29 is 0 Å². The zero-order valence-corrected chi connectivity index (χ0v) is 7.11. The van der Waals surface area contributed by atoms with Gasteiger partial charge in [0.05, 0.1) is 0 Å². The first-order chi connectivity index (χ1) is 3.56. The van der Waals surface area contributed by atoms with Crippen LogP contribution >= 0.6 is 47.4 Å². The SMILES string of the molecule is SCC=CC(Cl)(Cl)Cl. The van der Waals surface area contributed by atoms with Gasteiger partial charge in [0.1, 0.15) is 0 Å². The van der Waals surface area contributed by atoms with Gasteiger partial charge in [0.25, 0.3) is 0 Å². The predicted octanol–water partition coefficient (Wildman–Crippen LogP) is 2.84. The van der Waals surface area contributed by atoms with E-state index in [0.717, 1.165) is 0 Å². The number of alkyl halides is 3. The highest BCUT2D eigenvalue weighted by molar-refractivity contribution is 7.80. The third-order valence-electron chi connectivity index (χ3n) is 0.412. The minimum absolute atomic E-state index is 0.591. The molecule has 0 bridgehead atoms. The highest BCUT2D eigenvalue weighted by atomic mass is 35.6. The first kappa shape index (κ1) is 8.96. The minimum Gasteiger partial charge on any atom is -0.175 e. The van der Waals surface area contributed by atoms with Crippen LogP contribution < -0.4 is 0 Å². The molecule has 0 N–H and O–H groups in total. The number of rotatable bonds is 1. The number of hydrogen-bond acceptors (Lipinski definition) is 1. The van der Waals surface area contributed by atoms with E-state index >= 15 is 0 Å². The lowest BCUT2D eigenvalue weighted by molar-refractivity contribution is 1.45. The molecule has 0 nitrogen and oxygen atoms in total. The van der Waals surface area contributed by atoms with Crippen LogP contribution in [0, 0.1) is 0 Å². The first-order valence-electron chi connectivity index (χ1n) is 1.91. The van der Waals surface area contributed by atoms with Crippen molar-refractivity contribution in [2.75, 3.05) is 5.75 Å². The lowest BCUT2D eigenvalue weighted by Crippen LogP contribution is -1.93. The van der Waals surface area contributed by atoms with E-state index in [4.69, 9.17) is 34.8 Å². The van der Waals surface area contributed by atoms with E-state index in [9.17, 15) is 0 Å². The zero-order chi connectivity index (χ0) is 6.62. The van der Waals surface area contributed by atoms with E-state index in [2.05, 4.69) is 12.6 Å². The zero-order valence-electron chi connectivity index (χ0n) is 3.94. The Bertz CT molecular complexity index is 83.8. The van der Waals surface area contributed by atoms with Gasteiger partial charge in [-0.05, 0) is 6.08 Å². The summed E-state index contributed by atoms with van der Waals surface area (Å²) >= 11 is 19.8. The molecule has 0 amide bonds. The molecular formula is C4H5Cl3S. The Kier molecular flexibility index (Phi) is 4.35. The third kappa shape index (κ3) is 6.96. The summed E-state index contributed by atoms with van der Waals surface area (Å²) in [6.07, 6.45) is 3.14. The third-order valence-corrected chi connectivity index (χ3v) is 1.00. The molecular weight excluding hydrogens is 186 g/mol. The van der Waals surface area contributed by atoms with Gasteiger partial charge >= 0.3 is 0 Å². The summed E-state index contributed by atoms with van der Waals surface area (Å²) in [7, 11) is 0. The fraction of sp³-hybridized carbons (Fsp3) is 0.500. The van der Waals surface area contributed by atoms with Crippen molar-refractivity contribution in [3.63, 3.8) is 0 Å². The minimum atomic E-state index is -1.26. The maximum Gasteiger partial charge on any atom is 0.209 e.